The van der Waals surface area contributed by atoms with Gasteiger partial charge in [0.05, 0.1) is 0 Å². The van der Waals surface area contributed by atoms with Gasteiger partial charge in [0.15, 0.2) is 5.78 Å². The van der Waals surface area contributed by atoms with E-state index in [-0.39, 0.29) is 6.42 Å². The molecule has 0 bridgehead atoms. The maximum Gasteiger partial charge on any atom is 0.238 e. The number of allylic oxidation sites excluding steroid dienone is 1. The van der Waals surface area contributed by atoms with E-state index in [1.807, 2.05) is 11.8 Å². The predicted molar refractivity (Wildman–Crippen MR) is 150 cm³/mol. The van der Waals surface area contributed by atoms with Crippen LogP contribution in [0, 0.1) is 40.9 Å². The van der Waals surface area contributed by atoms with Crippen molar-refractivity contribution in [2.24, 2.45) is 40.9 Å². The first-order valence-electron chi connectivity index (χ1n) is 15.5. The lowest BCUT2D eigenvalue weighted by molar-refractivity contribution is -0.116. The molecular formula is C32H52F2OS. The minimum atomic E-state index is -2.13. The molecule has 4 aliphatic rings. The lowest BCUT2D eigenvalue weighted by Crippen LogP contribution is -2.49. The molecule has 0 aliphatic heterocycles. The van der Waals surface area contributed by atoms with E-state index in [0.29, 0.717) is 23.5 Å². The lowest BCUT2D eigenvalue weighted by Gasteiger charge is -2.56. The number of carbonyl (C=O) groups excluding carboxylic acids is 1. The van der Waals surface area contributed by atoms with Crippen LogP contribution in [-0.2, 0) is 4.79 Å². The molecule has 4 heteroatoms. The zero-order valence-corrected chi connectivity index (χ0v) is 23.9. The Kier molecular flexibility index (Phi) is 10.8. The second kappa shape index (κ2) is 13.6. The summed E-state index contributed by atoms with van der Waals surface area (Å²) in [5.41, 5.74) is 2.10. The number of ketones is 1. The summed E-state index contributed by atoms with van der Waals surface area (Å²) in [5, 5.41) is 0. The van der Waals surface area contributed by atoms with Crippen molar-refractivity contribution < 1.29 is 13.6 Å². The maximum absolute atomic E-state index is 12.3. The van der Waals surface area contributed by atoms with Gasteiger partial charge in [0.25, 0.3) is 0 Å². The molecule has 4 rings (SSSR count). The Bertz CT molecular complexity index is 736. The first-order chi connectivity index (χ1) is 17.4. The summed E-state index contributed by atoms with van der Waals surface area (Å²) in [4.78, 5) is 12.3. The van der Waals surface area contributed by atoms with E-state index < -0.39 is 6.43 Å². The van der Waals surface area contributed by atoms with Crippen LogP contribution in [0.5, 0.6) is 0 Å². The summed E-state index contributed by atoms with van der Waals surface area (Å²) in [6.07, 6.45) is 20.1. The number of fused-ring (bicyclic) bond motifs is 5. The molecule has 0 aromatic heterocycles. The number of halogens is 2. The maximum atomic E-state index is 12.3. The second-order valence-corrected chi connectivity index (χ2v) is 14.3. The van der Waals surface area contributed by atoms with E-state index in [1.165, 1.54) is 83.5 Å². The molecule has 6 unspecified atom stereocenters. The number of thioether (sulfide) groups is 1. The summed E-state index contributed by atoms with van der Waals surface area (Å²) in [7, 11) is 0. The first kappa shape index (κ1) is 28.6. The molecular weight excluding hydrogens is 470 g/mol. The van der Waals surface area contributed by atoms with Gasteiger partial charge in [-0.15, -0.1) is 0 Å². The third-order valence-electron chi connectivity index (χ3n) is 11.0. The van der Waals surface area contributed by atoms with Gasteiger partial charge in [-0.05, 0) is 116 Å². The molecule has 36 heavy (non-hydrogen) atoms. The topological polar surface area (TPSA) is 17.1 Å². The fourth-order valence-electron chi connectivity index (χ4n) is 8.87. The highest BCUT2D eigenvalue weighted by atomic mass is 32.2. The summed E-state index contributed by atoms with van der Waals surface area (Å²) in [6, 6.07) is 0. The van der Waals surface area contributed by atoms with Crippen molar-refractivity contribution in [3.05, 3.63) is 11.6 Å². The molecule has 0 aromatic rings. The van der Waals surface area contributed by atoms with Gasteiger partial charge >= 0.3 is 0 Å². The molecule has 1 nitrogen and oxygen atoms in total. The van der Waals surface area contributed by atoms with E-state index in [2.05, 4.69) is 19.9 Å². The van der Waals surface area contributed by atoms with E-state index >= 15 is 0 Å². The van der Waals surface area contributed by atoms with E-state index in [9.17, 15) is 13.6 Å². The Morgan fingerprint density at radius 1 is 0.972 bits per heavy atom. The van der Waals surface area contributed by atoms with Gasteiger partial charge in [0.2, 0.25) is 6.43 Å². The molecule has 0 aromatic carbocycles. The van der Waals surface area contributed by atoms with Crippen LogP contribution in [0.4, 0.5) is 8.78 Å². The Morgan fingerprint density at radius 3 is 2.47 bits per heavy atom. The number of hydrogen-bond donors (Lipinski definition) is 0. The highest BCUT2D eigenvalue weighted by molar-refractivity contribution is 7.99. The summed E-state index contributed by atoms with van der Waals surface area (Å²) in [5.74, 6) is 7.48. The van der Waals surface area contributed by atoms with Crippen molar-refractivity contribution >= 4 is 17.5 Å². The smallest absolute Gasteiger partial charge is 0.238 e. The van der Waals surface area contributed by atoms with E-state index in [0.717, 1.165) is 53.9 Å². The summed E-state index contributed by atoms with van der Waals surface area (Å²) < 4.78 is 24.3. The molecule has 0 heterocycles. The van der Waals surface area contributed by atoms with Crippen molar-refractivity contribution in [3.63, 3.8) is 0 Å². The van der Waals surface area contributed by atoms with Gasteiger partial charge in [0, 0.05) is 12.8 Å². The Balaban J connectivity index is 1.18. The SMILES string of the molecule is CC1CCC2C3C(CCCCCCCCCSCCCC(F)F)CC4=CC(=O)CCC4C3CC[C@]12C. The van der Waals surface area contributed by atoms with Crippen molar-refractivity contribution in [2.45, 2.75) is 129 Å². The fraction of sp³-hybridized carbons (Fsp3) is 0.906. The third kappa shape index (κ3) is 6.97. The number of rotatable bonds is 14. The molecule has 3 saturated carbocycles. The minimum Gasteiger partial charge on any atom is -0.295 e. The van der Waals surface area contributed by atoms with Crippen molar-refractivity contribution in [1.82, 2.24) is 0 Å². The number of hydrogen-bond acceptors (Lipinski definition) is 2. The first-order valence-corrected chi connectivity index (χ1v) is 16.6. The lowest BCUT2D eigenvalue weighted by atomic mass is 9.48. The van der Waals surface area contributed by atoms with Crippen LogP contribution in [0.3, 0.4) is 0 Å². The van der Waals surface area contributed by atoms with Gasteiger partial charge in [-0.2, -0.15) is 11.8 Å². The highest BCUT2D eigenvalue weighted by Gasteiger charge is 2.57. The van der Waals surface area contributed by atoms with Gasteiger partial charge in [-0.25, -0.2) is 8.78 Å². The molecule has 7 atom stereocenters. The molecule has 0 radical (unpaired) electrons. The Morgan fingerprint density at radius 2 is 1.69 bits per heavy atom. The highest BCUT2D eigenvalue weighted by Crippen LogP contribution is 2.65. The van der Waals surface area contributed by atoms with Crippen LogP contribution in [-0.4, -0.2) is 23.7 Å². The van der Waals surface area contributed by atoms with Crippen LogP contribution in [0.1, 0.15) is 123 Å². The zero-order valence-electron chi connectivity index (χ0n) is 23.1. The normalized spacial score (nSPS) is 35.9. The molecule has 0 N–H and O–H groups in total. The number of carbonyl (C=O) groups is 1. The number of alkyl halides is 2. The van der Waals surface area contributed by atoms with Crippen LogP contribution >= 0.6 is 11.8 Å². The molecule has 4 aliphatic carbocycles. The third-order valence-corrected chi connectivity index (χ3v) is 12.2. The predicted octanol–water partition coefficient (Wildman–Crippen LogP) is 9.89. The Hall–Kier alpha value is -0.380. The molecule has 0 spiro atoms. The van der Waals surface area contributed by atoms with Crippen molar-refractivity contribution in [1.29, 1.82) is 0 Å². The second-order valence-electron chi connectivity index (χ2n) is 13.1. The van der Waals surface area contributed by atoms with Crippen LogP contribution in [0.15, 0.2) is 11.6 Å². The quantitative estimate of drug-likeness (QED) is 0.211. The summed E-state index contributed by atoms with van der Waals surface area (Å²) >= 11 is 1.85. The van der Waals surface area contributed by atoms with Crippen LogP contribution in [0.2, 0.25) is 0 Å². The minimum absolute atomic E-state index is 0.0602. The Labute approximate surface area is 224 Å². The van der Waals surface area contributed by atoms with Gasteiger partial charge in [0.1, 0.15) is 0 Å². The zero-order chi connectivity index (χ0) is 25.5. The van der Waals surface area contributed by atoms with Crippen molar-refractivity contribution in [3.8, 4) is 0 Å². The van der Waals surface area contributed by atoms with E-state index in [1.54, 1.807) is 5.57 Å². The van der Waals surface area contributed by atoms with E-state index in [4.69, 9.17) is 0 Å². The molecule has 0 saturated heterocycles. The average molecular weight is 523 g/mol. The van der Waals surface area contributed by atoms with Gasteiger partial charge in [-0.1, -0.05) is 57.9 Å². The van der Waals surface area contributed by atoms with Gasteiger partial charge < -0.3 is 0 Å². The molecule has 206 valence electrons. The fourth-order valence-corrected chi connectivity index (χ4v) is 9.86. The average Bonchev–Trinajstić information content (AvgIpc) is 3.15. The number of unbranched alkanes of at least 4 members (excludes halogenated alkanes) is 6. The molecule has 0 amide bonds. The van der Waals surface area contributed by atoms with Crippen molar-refractivity contribution in [2.75, 3.05) is 11.5 Å². The summed E-state index contributed by atoms with van der Waals surface area (Å²) in [6.45, 7) is 5.15. The molecule has 3 fully saturated rings. The standard InChI is InChI=1S/C32H52F2OS/c1-23-13-16-29-31-24(11-8-6-4-3-5-7-9-19-36-20-10-12-30(33)34)21-25-22-26(35)14-15-27(25)28(31)17-18-32(23,29)2/h22-24,27-31H,3-21H2,1-2H3/t23?,24?,27?,28?,29?,31?,32-/m1/s1. The van der Waals surface area contributed by atoms with Crippen LogP contribution in [0.25, 0.3) is 0 Å². The monoisotopic (exact) mass is 522 g/mol. The van der Waals surface area contributed by atoms with Gasteiger partial charge in [-0.3, -0.25) is 4.79 Å². The van der Waals surface area contributed by atoms with Crippen LogP contribution < -0.4 is 0 Å². The largest absolute Gasteiger partial charge is 0.295 e.